The van der Waals surface area contributed by atoms with E-state index in [-0.39, 0.29) is 25.7 Å². The van der Waals surface area contributed by atoms with Crippen LogP contribution in [-0.4, -0.2) is 96.7 Å². The fourth-order valence-electron chi connectivity index (χ4n) is 10.8. The number of rotatable bonds is 71. The molecule has 3 N–H and O–H groups in total. The highest BCUT2D eigenvalue weighted by molar-refractivity contribution is 7.47. The van der Waals surface area contributed by atoms with Gasteiger partial charge in [0.2, 0.25) is 0 Å². The number of phosphoric acid groups is 2. The third kappa shape index (κ3) is 64.8. The summed E-state index contributed by atoms with van der Waals surface area (Å²) >= 11 is 0. The number of esters is 4. The quantitative estimate of drug-likeness (QED) is 0.0222. The van der Waals surface area contributed by atoms with Gasteiger partial charge in [0.25, 0.3) is 0 Å². The van der Waals surface area contributed by atoms with E-state index < -0.39 is 97.5 Å². The van der Waals surface area contributed by atoms with Crippen LogP contribution in [0.4, 0.5) is 0 Å². The van der Waals surface area contributed by atoms with Crippen molar-refractivity contribution >= 4 is 39.5 Å². The summed E-state index contributed by atoms with van der Waals surface area (Å²) in [6, 6.07) is 0. The Morgan fingerprint density at radius 2 is 0.511 bits per heavy atom. The molecule has 0 aromatic rings. The van der Waals surface area contributed by atoms with Gasteiger partial charge >= 0.3 is 39.5 Å². The van der Waals surface area contributed by atoms with Gasteiger partial charge in [-0.1, -0.05) is 317 Å². The SMILES string of the molecule is CCCCCCCCCCCCCCCCCCCCCCC(=O)O[C@H](COC(=O)CCCCCCCCCCC(C)C)COP(=O)(O)OC[C@@H](O)COP(=O)(O)OC[C@@H](COC(=O)CCCCCCCCCCC)OC(=O)CCCCCCCCCCCC. The van der Waals surface area contributed by atoms with Gasteiger partial charge in [0.1, 0.15) is 19.3 Å². The Hall–Kier alpha value is -1.94. The van der Waals surface area contributed by atoms with Gasteiger partial charge in [-0.2, -0.15) is 0 Å². The molecule has 0 bridgehead atoms. The van der Waals surface area contributed by atoms with Crippen LogP contribution in [0.1, 0.15) is 369 Å². The highest BCUT2D eigenvalue weighted by Crippen LogP contribution is 2.45. The minimum absolute atomic E-state index is 0.107. The normalized spacial score (nSPS) is 14.1. The number of aliphatic hydroxyl groups excluding tert-OH is 1. The van der Waals surface area contributed by atoms with E-state index in [1.807, 2.05) is 0 Å². The van der Waals surface area contributed by atoms with Crippen LogP contribution in [-0.2, 0) is 65.4 Å². The van der Waals surface area contributed by atoms with Crippen molar-refractivity contribution in [3.8, 4) is 0 Å². The van der Waals surface area contributed by atoms with Gasteiger partial charge in [-0.05, 0) is 31.6 Å². The van der Waals surface area contributed by atoms with Crippen molar-refractivity contribution in [1.29, 1.82) is 0 Å². The monoisotopic (exact) mass is 1320 g/mol. The molecule has 0 rings (SSSR count). The van der Waals surface area contributed by atoms with E-state index in [1.54, 1.807) is 0 Å². The Labute approximate surface area is 549 Å². The first kappa shape index (κ1) is 88.1. The molecule has 534 valence electrons. The van der Waals surface area contributed by atoms with Gasteiger partial charge < -0.3 is 33.8 Å². The zero-order valence-corrected chi connectivity index (χ0v) is 60.1. The van der Waals surface area contributed by atoms with Gasteiger partial charge in [-0.25, -0.2) is 9.13 Å². The maximum absolute atomic E-state index is 13.0. The van der Waals surface area contributed by atoms with Crippen LogP contribution in [0.15, 0.2) is 0 Å². The molecule has 0 aliphatic rings. The van der Waals surface area contributed by atoms with E-state index >= 15 is 0 Å². The van der Waals surface area contributed by atoms with Crippen molar-refractivity contribution in [3.63, 3.8) is 0 Å². The molecule has 0 saturated heterocycles. The molecule has 0 aliphatic carbocycles. The highest BCUT2D eigenvalue weighted by atomic mass is 31.2. The third-order valence-electron chi connectivity index (χ3n) is 16.5. The summed E-state index contributed by atoms with van der Waals surface area (Å²) in [5, 5.41) is 10.6. The van der Waals surface area contributed by atoms with E-state index in [9.17, 15) is 43.2 Å². The number of hydrogen-bond acceptors (Lipinski definition) is 15. The lowest BCUT2D eigenvalue weighted by atomic mass is 10.0. The molecule has 0 amide bonds. The predicted octanol–water partition coefficient (Wildman–Crippen LogP) is 20.5. The molecular weight excluding hydrogens is 1190 g/mol. The largest absolute Gasteiger partial charge is 0.472 e. The third-order valence-corrected chi connectivity index (χ3v) is 18.4. The minimum Gasteiger partial charge on any atom is -0.462 e. The summed E-state index contributed by atoms with van der Waals surface area (Å²) in [6.07, 6.45) is 51.5. The smallest absolute Gasteiger partial charge is 0.462 e. The first-order chi connectivity index (χ1) is 43.5. The van der Waals surface area contributed by atoms with Crippen molar-refractivity contribution in [2.75, 3.05) is 39.6 Å². The molecular formula is C71H138O17P2. The topological polar surface area (TPSA) is 237 Å². The number of carbonyl (C=O) groups is 4. The number of ether oxygens (including phenoxy) is 4. The molecule has 0 heterocycles. The van der Waals surface area contributed by atoms with Crippen LogP contribution in [0.25, 0.3) is 0 Å². The van der Waals surface area contributed by atoms with Crippen LogP contribution in [0.3, 0.4) is 0 Å². The van der Waals surface area contributed by atoms with Crippen LogP contribution < -0.4 is 0 Å². The summed E-state index contributed by atoms with van der Waals surface area (Å²) in [7, 11) is -9.89. The molecule has 19 heteroatoms. The second kappa shape index (κ2) is 64.4. The lowest BCUT2D eigenvalue weighted by Gasteiger charge is -2.21. The molecule has 17 nitrogen and oxygen atoms in total. The average Bonchev–Trinajstić information content (AvgIpc) is 3.71. The van der Waals surface area contributed by atoms with Crippen LogP contribution in [0.5, 0.6) is 0 Å². The Bertz CT molecular complexity index is 1740. The standard InChI is InChI=1S/C71H138O17P2/c1-6-9-12-15-18-21-23-24-25-26-27-28-29-30-31-32-35-42-47-52-57-71(76)88-67(61-82-69(74)55-50-45-40-37-36-38-43-48-53-64(4)5)63-86-90(79,80)84-59-65(72)58-83-89(77,78)85-62-66(60-81-68(73)54-49-44-39-33-20-17-14-11-8-3)87-70(75)56-51-46-41-34-22-19-16-13-10-7-2/h64-67,72H,6-63H2,1-5H3,(H,77,78)(H,79,80)/t65-,66+,67+/m0/s1. The van der Waals surface area contributed by atoms with Crippen molar-refractivity contribution < 1.29 is 80.2 Å². The van der Waals surface area contributed by atoms with Crippen LogP contribution >= 0.6 is 15.6 Å². The summed E-state index contributed by atoms with van der Waals surface area (Å²) in [5.74, 6) is -1.40. The maximum Gasteiger partial charge on any atom is 0.472 e. The second-order valence-electron chi connectivity index (χ2n) is 26.1. The predicted molar refractivity (Wildman–Crippen MR) is 363 cm³/mol. The first-order valence-corrected chi connectivity index (χ1v) is 40.1. The lowest BCUT2D eigenvalue weighted by Crippen LogP contribution is -2.30. The Kier molecular flexibility index (Phi) is 63.0. The van der Waals surface area contributed by atoms with Crippen molar-refractivity contribution in [2.45, 2.75) is 387 Å². The van der Waals surface area contributed by atoms with Gasteiger partial charge in [0, 0.05) is 25.7 Å². The number of aliphatic hydroxyl groups is 1. The summed E-state index contributed by atoms with van der Waals surface area (Å²) < 4.78 is 68.2. The summed E-state index contributed by atoms with van der Waals surface area (Å²) in [5.41, 5.74) is 0. The van der Waals surface area contributed by atoms with Gasteiger partial charge in [0.05, 0.1) is 26.4 Å². The number of unbranched alkanes of at least 4 members (excludes halogenated alkanes) is 43. The zero-order chi connectivity index (χ0) is 66.3. The van der Waals surface area contributed by atoms with Gasteiger partial charge in [-0.15, -0.1) is 0 Å². The van der Waals surface area contributed by atoms with Crippen molar-refractivity contribution in [1.82, 2.24) is 0 Å². The zero-order valence-electron chi connectivity index (χ0n) is 58.3. The van der Waals surface area contributed by atoms with E-state index in [4.69, 9.17) is 37.0 Å². The van der Waals surface area contributed by atoms with Crippen LogP contribution in [0.2, 0.25) is 0 Å². The van der Waals surface area contributed by atoms with Crippen LogP contribution in [0, 0.1) is 5.92 Å². The Morgan fingerprint density at radius 1 is 0.300 bits per heavy atom. The maximum atomic E-state index is 13.0. The average molecular weight is 1330 g/mol. The lowest BCUT2D eigenvalue weighted by molar-refractivity contribution is -0.161. The summed E-state index contributed by atoms with van der Waals surface area (Å²) in [6.45, 7) is 7.19. The molecule has 0 aromatic carbocycles. The number of phosphoric ester groups is 2. The first-order valence-electron chi connectivity index (χ1n) is 37.1. The molecule has 0 radical (unpaired) electrons. The molecule has 0 fully saturated rings. The minimum atomic E-state index is -4.95. The number of hydrogen-bond donors (Lipinski definition) is 3. The van der Waals surface area contributed by atoms with Crippen molar-refractivity contribution in [2.24, 2.45) is 5.92 Å². The Morgan fingerprint density at radius 3 is 0.756 bits per heavy atom. The fourth-order valence-corrected chi connectivity index (χ4v) is 12.4. The fraction of sp³-hybridized carbons (Fsp3) is 0.944. The van der Waals surface area contributed by atoms with E-state index in [0.717, 1.165) is 95.8 Å². The number of carbonyl (C=O) groups excluding carboxylic acids is 4. The molecule has 90 heavy (non-hydrogen) atoms. The molecule has 0 aromatic heterocycles. The molecule has 0 aliphatic heterocycles. The molecule has 2 unspecified atom stereocenters. The van der Waals surface area contributed by atoms with Gasteiger partial charge in [0.15, 0.2) is 12.2 Å². The Balaban J connectivity index is 5.16. The van der Waals surface area contributed by atoms with Gasteiger partial charge in [-0.3, -0.25) is 37.3 Å². The summed E-state index contributed by atoms with van der Waals surface area (Å²) in [4.78, 5) is 72.4. The highest BCUT2D eigenvalue weighted by Gasteiger charge is 2.30. The molecule has 0 spiro atoms. The molecule has 0 saturated carbocycles. The molecule has 5 atom stereocenters. The van der Waals surface area contributed by atoms with Crippen molar-refractivity contribution in [3.05, 3.63) is 0 Å². The second-order valence-corrected chi connectivity index (χ2v) is 29.0. The van der Waals surface area contributed by atoms with E-state index in [0.29, 0.717) is 25.7 Å². The van der Waals surface area contributed by atoms with E-state index in [1.165, 1.54) is 193 Å². The van der Waals surface area contributed by atoms with E-state index in [2.05, 4.69) is 34.6 Å².